The lowest BCUT2D eigenvalue weighted by atomic mass is 9.98. The first-order valence-corrected chi connectivity index (χ1v) is 7.74. The summed E-state index contributed by atoms with van der Waals surface area (Å²) in [6.07, 6.45) is 0. The summed E-state index contributed by atoms with van der Waals surface area (Å²) in [5.41, 5.74) is 1.19. The van der Waals surface area contributed by atoms with Crippen molar-refractivity contribution in [1.29, 1.82) is 0 Å². The fourth-order valence-electron chi connectivity index (χ4n) is 3.28. The Bertz CT molecular complexity index is 1010. The SMILES string of the molecule is CCN1C(=O)c2oc3ccccc3c(=O)c2[C@@H]1c1ccc(F)cc1. The van der Waals surface area contributed by atoms with Crippen LogP contribution >= 0.6 is 0 Å². The Morgan fingerprint density at radius 3 is 2.50 bits per heavy atom. The van der Waals surface area contributed by atoms with E-state index in [-0.39, 0.29) is 22.9 Å². The molecule has 0 radical (unpaired) electrons. The number of hydrogen-bond acceptors (Lipinski definition) is 3. The number of nitrogens with zero attached hydrogens (tertiary/aromatic N) is 1. The number of amides is 1. The molecular formula is C19H14FNO3. The van der Waals surface area contributed by atoms with E-state index in [1.807, 2.05) is 6.92 Å². The lowest BCUT2D eigenvalue weighted by Gasteiger charge is -2.23. The monoisotopic (exact) mass is 323 g/mol. The largest absolute Gasteiger partial charge is 0.450 e. The van der Waals surface area contributed by atoms with Gasteiger partial charge in [0.05, 0.1) is 17.0 Å². The van der Waals surface area contributed by atoms with Crippen LogP contribution < -0.4 is 5.43 Å². The zero-order chi connectivity index (χ0) is 16.8. The van der Waals surface area contributed by atoms with Gasteiger partial charge in [-0.25, -0.2) is 4.39 Å². The molecule has 2 heterocycles. The Morgan fingerprint density at radius 1 is 1.08 bits per heavy atom. The molecule has 1 aromatic heterocycles. The summed E-state index contributed by atoms with van der Waals surface area (Å²) in [7, 11) is 0. The van der Waals surface area contributed by atoms with Gasteiger partial charge in [0.15, 0.2) is 5.43 Å². The third-order valence-corrected chi connectivity index (χ3v) is 4.40. The fourth-order valence-corrected chi connectivity index (χ4v) is 3.28. The number of carbonyl (C=O) groups is 1. The van der Waals surface area contributed by atoms with Crippen LogP contribution in [0.15, 0.2) is 57.7 Å². The van der Waals surface area contributed by atoms with Crippen molar-refractivity contribution < 1.29 is 13.6 Å². The molecule has 2 aromatic carbocycles. The number of hydrogen-bond donors (Lipinski definition) is 0. The van der Waals surface area contributed by atoms with E-state index >= 15 is 0 Å². The van der Waals surface area contributed by atoms with Gasteiger partial charge in [-0.2, -0.15) is 0 Å². The molecule has 0 saturated heterocycles. The second-order valence-corrected chi connectivity index (χ2v) is 5.72. The maximum absolute atomic E-state index is 13.3. The number of carbonyl (C=O) groups excluding carboxylic acids is 1. The lowest BCUT2D eigenvalue weighted by Crippen LogP contribution is -2.29. The zero-order valence-corrected chi connectivity index (χ0v) is 13.0. The minimum Gasteiger partial charge on any atom is -0.450 e. The van der Waals surface area contributed by atoms with E-state index in [9.17, 15) is 14.0 Å². The standard InChI is InChI=1S/C19H14FNO3/c1-2-21-16(11-7-9-12(20)10-8-11)15-17(22)13-5-3-4-6-14(13)24-18(15)19(21)23/h3-10,16H,2H2,1H3/t16-/m0/s1. The molecule has 0 fully saturated rings. The van der Waals surface area contributed by atoms with Crippen molar-refractivity contribution >= 4 is 16.9 Å². The number of halogens is 1. The average Bonchev–Trinajstić information content (AvgIpc) is 2.88. The van der Waals surface area contributed by atoms with Gasteiger partial charge in [0.25, 0.3) is 5.91 Å². The molecule has 1 amide bonds. The van der Waals surface area contributed by atoms with Crippen molar-refractivity contribution in [3.63, 3.8) is 0 Å². The normalized spacial score (nSPS) is 16.7. The van der Waals surface area contributed by atoms with Gasteiger partial charge >= 0.3 is 0 Å². The molecule has 3 aromatic rings. The van der Waals surface area contributed by atoms with Crippen LogP contribution in [-0.2, 0) is 0 Å². The molecule has 120 valence electrons. The third-order valence-electron chi connectivity index (χ3n) is 4.40. The first-order chi connectivity index (χ1) is 11.6. The highest BCUT2D eigenvalue weighted by Crippen LogP contribution is 2.37. The van der Waals surface area contributed by atoms with Gasteiger partial charge < -0.3 is 9.32 Å². The molecule has 0 unspecified atom stereocenters. The van der Waals surface area contributed by atoms with Crippen LogP contribution in [0.3, 0.4) is 0 Å². The third kappa shape index (κ3) is 1.98. The van der Waals surface area contributed by atoms with Gasteiger partial charge in [-0.05, 0) is 36.8 Å². The number of benzene rings is 2. The lowest BCUT2D eigenvalue weighted by molar-refractivity contribution is 0.0738. The summed E-state index contributed by atoms with van der Waals surface area (Å²) in [5.74, 6) is -0.601. The number of rotatable bonds is 2. The predicted octanol–water partition coefficient (Wildman–Crippen LogP) is 3.50. The van der Waals surface area contributed by atoms with E-state index in [1.165, 1.54) is 12.1 Å². The quantitative estimate of drug-likeness (QED) is 0.725. The van der Waals surface area contributed by atoms with Gasteiger partial charge in [-0.15, -0.1) is 0 Å². The molecule has 4 nitrogen and oxygen atoms in total. The molecule has 0 aliphatic carbocycles. The summed E-state index contributed by atoms with van der Waals surface area (Å²) >= 11 is 0. The van der Waals surface area contributed by atoms with Gasteiger partial charge in [-0.3, -0.25) is 9.59 Å². The first kappa shape index (κ1) is 14.6. The highest BCUT2D eigenvalue weighted by atomic mass is 19.1. The smallest absolute Gasteiger partial charge is 0.290 e. The minimum absolute atomic E-state index is 0.0786. The maximum atomic E-state index is 13.3. The molecule has 0 saturated carbocycles. The van der Waals surface area contributed by atoms with Crippen molar-refractivity contribution in [2.45, 2.75) is 13.0 Å². The van der Waals surface area contributed by atoms with E-state index in [1.54, 1.807) is 41.3 Å². The van der Waals surface area contributed by atoms with E-state index < -0.39 is 6.04 Å². The second kappa shape index (κ2) is 5.30. The Balaban J connectivity index is 2.03. The van der Waals surface area contributed by atoms with Gasteiger partial charge in [-0.1, -0.05) is 24.3 Å². The summed E-state index contributed by atoms with van der Waals surface area (Å²) in [5, 5.41) is 0.439. The van der Waals surface area contributed by atoms with Crippen LogP contribution in [0.2, 0.25) is 0 Å². The van der Waals surface area contributed by atoms with Crippen molar-refractivity contribution in [3.8, 4) is 0 Å². The van der Waals surface area contributed by atoms with Gasteiger partial charge in [0.1, 0.15) is 11.4 Å². The Morgan fingerprint density at radius 2 is 1.79 bits per heavy atom. The molecule has 1 aliphatic rings. The molecule has 0 spiro atoms. The zero-order valence-electron chi connectivity index (χ0n) is 13.0. The van der Waals surface area contributed by atoms with Crippen molar-refractivity contribution in [3.05, 3.63) is 81.5 Å². The predicted molar refractivity (Wildman–Crippen MR) is 87.4 cm³/mol. The molecular weight excluding hydrogens is 309 g/mol. The maximum Gasteiger partial charge on any atom is 0.290 e. The Labute approximate surface area is 137 Å². The summed E-state index contributed by atoms with van der Waals surface area (Å²) in [4.78, 5) is 27.2. The van der Waals surface area contributed by atoms with Gasteiger partial charge in [0, 0.05) is 6.54 Å². The van der Waals surface area contributed by atoms with E-state index in [0.29, 0.717) is 28.6 Å². The summed E-state index contributed by atoms with van der Waals surface area (Å²) < 4.78 is 19.0. The first-order valence-electron chi connectivity index (χ1n) is 7.74. The Kier molecular flexibility index (Phi) is 3.23. The molecule has 0 bridgehead atoms. The highest BCUT2D eigenvalue weighted by Gasteiger charge is 2.41. The number of para-hydroxylation sites is 1. The van der Waals surface area contributed by atoms with Crippen LogP contribution in [0, 0.1) is 5.82 Å². The molecule has 5 heteroatoms. The number of fused-ring (bicyclic) bond motifs is 2. The average molecular weight is 323 g/mol. The summed E-state index contributed by atoms with van der Waals surface area (Å²) in [6, 6.07) is 12.2. The Hall–Kier alpha value is -2.95. The topological polar surface area (TPSA) is 50.5 Å². The van der Waals surface area contributed by atoms with E-state index in [2.05, 4.69) is 0 Å². The highest BCUT2D eigenvalue weighted by molar-refractivity contribution is 5.99. The molecule has 1 atom stereocenters. The molecule has 4 rings (SSSR count). The minimum atomic E-state index is -0.557. The van der Waals surface area contributed by atoms with Crippen LogP contribution in [0.4, 0.5) is 4.39 Å². The van der Waals surface area contributed by atoms with Gasteiger partial charge in [0.2, 0.25) is 5.76 Å². The van der Waals surface area contributed by atoms with Crippen LogP contribution in [0.1, 0.15) is 34.6 Å². The van der Waals surface area contributed by atoms with Crippen molar-refractivity contribution in [1.82, 2.24) is 4.90 Å². The second-order valence-electron chi connectivity index (χ2n) is 5.72. The van der Waals surface area contributed by atoms with Crippen LogP contribution in [0.5, 0.6) is 0 Å². The van der Waals surface area contributed by atoms with E-state index in [0.717, 1.165) is 0 Å². The molecule has 1 aliphatic heterocycles. The van der Waals surface area contributed by atoms with Crippen LogP contribution in [-0.4, -0.2) is 17.4 Å². The van der Waals surface area contributed by atoms with E-state index in [4.69, 9.17) is 4.42 Å². The van der Waals surface area contributed by atoms with Crippen LogP contribution in [0.25, 0.3) is 11.0 Å². The van der Waals surface area contributed by atoms with Crippen molar-refractivity contribution in [2.75, 3.05) is 6.54 Å². The molecule has 24 heavy (non-hydrogen) atoms. The van der Waals surface area contributed by atoms with Crippen molar-refractivity contribution in [2.24, 2.45) is 0 Å². The fraction of sp³-hybridized carbons (Fsp3) is 0.158. The molecule has 0 N–H and O–H groups in total. The summed E-state index contributed by atoms with van der Waals surface area (Å²) in [6.45, 7) is 2.26.